The Labute approximate surface area is 168 Å². The number of fused-ring (bicyclic) bond motifs is 3. The molecule has 3 aromatic rings. The van der Waals surface area contributed by atoms with Crippen LogP contribution >= 0.6 is 22.9 Å². The van der Waals surface area contributed by atoms with E-state index < -0.39 is 0 Å². The molecule has 4 nitrogen and oxygen atoms in total. The van der Waals surface area contributed by atoms with Crippen molar-refractivity contribution in [2.45, 2.75) is 40.0 Å². The van der Waals surface area contributed by atoms with Crippen molar-refractivity contribution in [2.75, 3.05) is 11.9 Å². The number of thiophene rings is 1. The van der Waals surface area contributed by atoms with Crippen LogP contribution in [0.2, 0.25) is 5.28 Å². The van der Waals surface area contributed by atoms with Crippen LogP contribution in [0, 0.1) is 11.3 Å². The molecule has 6 heteroatoms. The second-order valence-corrected chi connectivity index (χ2v) is 9.80. The zero-order chi connectivity index (χ0) is 19.3. The molecule has 1 atom stereocenters. The normalized spacial score (nSPS) is 17.1. The van der Waals surface area contributed by atoms with E-state index in [1.807, 2.05) is 24.1 Å². The van der Waals surface area contributed by atoms with Crippen LogP contribution in [-0.2, 0) is 12.8 Å². The number of benzene rings is 1. The minimum absolute atomic E-state index is 0.249. The van der Waals surface area contributed by atoms with Crippen LogP contribution in [-0.4, -0.2) is 22.1 Å². The van der Waals surface area contributed by atoms with Gasteiger partial charge < -0.3 is 10.0 Å². The largest absolute Gasteiger partial charge is 0.508 e. The van der Waals surface area contributed by atoms with E-state index in [-0.39, 0.29) is 11.0 Å². The third-order valence-corrected chi connectivity index (χ3v) is 6.96. The number of hydrogen-bond acceptors (Lipinski definition) is 5. The Morgan fingerprint density at radius 1 is 1.19 bits per heavy atom. The highest BCUT2D eigenvalue weighted by Gasteiger charge is 2.32. The number of aryl methyl sites for hydroxylation is 1. The molecule has 0 radical (unpaired) electrons. The Balaban J connectivity index is 1.83. The molecule has 0 spiro atoms. The Morgan fingerprint density at radius 2 is 1.89 bits per heavy atom. The lowest BCUT2D eigenvalue weighted by Crippen LogP contribution is -2.26. The number of hydrogen-bond donors (Lipinski definition) is 1. The van der Waals surface area contributed by atoms with Crippen LogP contribution in [0.3, 0.4) is 0 Å². The summed E-state index contributed by atoms with van der Waals surface area (Å²) >= 11 is 8.02. The monoisotopic (exact) mass is 401 g/mol. The second kappa shape index (κ2) is 6.64. The molecule has 1 aromatic carbocycles. The fourth-order valence-corrected chi connectivity index (χ4v) is 5.42. The van der Waals surface area contributed by atoms with E-state index in [0.29, 0.717) is 11.3 Å². The molecule has 0 aliphatic heterocycles. The number of phenolic OH excluding ortho intramolecular Hbond substituents is 1. The molecule has 142 valence electrons. The lowest BCUT2D eigenvalue weighted by Gasteiger charge is -2.33. The smallest absolute Gasteiger partial charge is 0.225 e. The summed E-state index contributed by atoms with van der Waals surface area (Å²) in [6, 6.07) is 7.13. The summed E-state index contributed by atoms with van der Waals surface area (Å²) in [5.41, 5.74) is 2.64. The molecule has 0 amide bonds. The van der Waals surface area contributed by atoms with E-state index in [1.54, 1.807) is 23.5 Å². The van der Waals surface area contributed by atoms with Gasteiger partial charge in [-0.3, -0.25) is 0 Å². The molecule has 0 saturated heterocycles. The number of nitrogens with zero attached hydrogens (tertiary/aromatic N) is 3. The molecule has 1 aliphatic rings. The highest BCUT2D eigenvalue weighted by molar-refractivity contribution is 7.19. The number of phenols is 1. The van der Waals surface area contributed by atoms with Crippen molar-refractivity contribution in [3.05, 3.63) is 40.0 Å². The molecule has 0 fully saturated rings. The zero-order valence-electron chi connectivity index (χ0n) is 16.1. The average Bonchev–Trinajstić information content (AvgIpc) is 2.97. The quantitative estimate of drug-likeness (QED) is 0.537. The molecule has 1 unspecified atom stereocenters. The Bertz CT molecular complexity index is 991. The summed E-state index contributed by atoms with van der Waals surface area (Å²) < 4.78 is 0. The minimum Gasteiger partial charge on any atom is -0.508 e. The van der Waals surface area contributed by atoms with E-state index in [1.165, 1.54) is 16.9 Å². The van der Waals surface area contributed by atoms with Crippen molar-refractivity contribution in [3.63, 3.8) is 0 Å². The number of anilines is 2. The lowest BCUT2D eigenvalue weighted by atomic mass is 9.72. The van der Waals surface area contributed by atoms with Gasteiger partial charge in [-0.2, -0.15) is 4.98 Å². The van der Waals surface area contributed by atoms with Crippen LogP contribution < -0.4 is 4.90 Å². The SMILES string of the molecule is CN(c1ccc(O)cc1)c1nc(Cl)nc2sc3c(c12)CCC(C(C)(C)C)C3. The fraction of sp³-hybridized carbons (Fsp3) is 0.429. The molecule has 1 N–H and O–H groups in total. The summed E-state index contributed by atoms with van der Waals surface area (Å²) in [6.45, 7) is 6.99. The van der Waals surface area contributed by atoms with Gasteiger partial charge in [-0.25, -0.2) is 4.98 Å². The number of halogens is 1. The molecule has 2 heterocycles. The van der Waals surface area contributed by atoms with E-state index >= 15 is 0 Å². The highest BCUT2D eigenvalue weighted by Crippen LogP contribution is 2.45. The van der Waals surface area contributed by atoms with Gasteiger partial charge in [0.05, 0.1) is 5.39 Å². The maximum Gasteiger partial charge on any atom is 0.225 e. The van der Waals surface area contributed by atoms with Crippen LogP contribution in [0.5, 0.6) is 5.75 Å². The Kier molecular flexibility index (Phi) is 4.55. The van der Waals surface area contributed by atoms with Gasteiger partial charge in [0.1, 0.15) is 16.4 Å². The zero-order valence-corrected chi connectivity index (χ0v) is 17.7. The average molecular weight is 402 g/mol. The highest BCUT2D eigenvalue weighted by atomic mass is 35.5. The van der Waals surface area contributed by atoms with Crippen molar-refractivity contribution in [1.82, 2.24) is 9.97 Å². The van der Waals surface area contributed by atoms with Gasteiger partial charge in [0.2, 0.25) is 5.28 Å². The Morgan fingerprint density at radius 3 is 2.56 bits per heavy atom. The van der Waals surface area contributed by atoms with Crippen molar-refractivity contribution in [1.29, 1.82) is 0 Å². The minimum atomic E-state index is 0.249. The molecule has 0 saturated carbocycles. The first-order valence-corrected chi connectivity index (χ1v) is 10.4. The number of rotatable bonds is 2. The standard InChI is InChI=1S/C21H24ClN3OS/c1-21(2,3)12-5-10-15-16(11-12)27-19-17(15)18(23-20(22)24-19)25(4)13-6-8-14(26)9-7-13/h6-9,12,26H,5,10-11H2,1-4H3. The van der Waals surface area contributed by atoms with E-state index in [9.17, 15) is 5.11 Å². The molecule has 27 heavy (non-hydrogen) atoms. The van der Waals surface area contributed by atoms with Gasteiger partial charge in [-0.15, -0.1) is 11.3 Å². The van der Waals surface area contributed by atoms with Crippen LogP contribution in [0.25, 0.3) is 10.2 Å². The summed E-state index contributed by atoms with van der Waals surface area (Å²) in [5.74, 6) is 1.77. The molecular weight excluding hydrogens is 378 g/mol. The predicted octanol–water partition coefficient (Wildman–Crippen LogP) is 5.97. The number of aromatic nitrogens is 2. The molecule has 2 aromatic heterocycles. The van der Waals surface area contributed by atoms with Crippen molar-refractivity contribution >= 4 is 44.7 Å². The van der Waals surface area contributed by atoms with Crippen LogP contribution in [0.4, 0.5) is 11.5 Å². The van der Waals surface area contributed by atoms with Gasteiger partial charge in [0.25, 0.3) is 0 Å². The maximum absolute atomic E-state index is 9.58. The molecular formula is C21H24ClN3OS. The molecule has 1 aliphatic carbocycles. The first-order chi connectivity index (χ1) is 12.7. The fourth-order valence-electron chi connectivity index (χ4n) is 3.91. The number of aromatic hydroxyl groups is 1. The molecule has 0 bridgehead atoms. The van der Waals surface area contributed by atoms with Crippen LogP contribution in [0.15, 0.2) is 24.3 Å². The van der Waals surface area contributed by atoms with E-state index in [2.05, 4.69) is 30.7 Å². The third-order valence-electron chi connectivity index (χ3n) is 5.64. The van der Waals surface area contributed by atoms with Gasteiger partial charge in [0, 0.05) is 17.6 Å². The summed E-state index contributed by atoms with van der Waals surface area (Å²) in [4.78, 5) is 13.5. The predicted molar refractivity (Wildman–Crippen MR) is 114 cm³/mol. The van der Waals surface area contributed by atoms with Gasteiger partial charge >= 0.3 is 0 Å². The van der Waals surface area contributed by atoms with Gasteiger partial charge in [0.15, 0.2) is 0 Å². The van der Waals surface area contributed by atoms with Crippen molar-refractivity contribution in [3.8, 4) is 5.75 Å². The summed E-state index contributed by atoms with van der Waals surface area (Å²) in [6.07, 6.45) is 3.34. The second-order valence-electron chi connectivity index (χ2n) is 8.38. The third kappa shape index (κ3) is 3.39. The van der Waals surface area contributed by atoms with E-state index in [0.717, 1.165) is 34.6 Å². The lowest BCUT2D eigenvalue weighted by molar-refractivity contribution is 0.218. The summed E-state index contributed by atoms with van der Waals surface area (Å²) in [5, 5.41) is 11.0. The maximum atomic E-state index is 9.58. The van der Waals surface area contributed by atoms with Gasteiger partial charge in [-0.05, 0) is 72.0 Å². The van der Waals surface area contributed by atoms with Gasteiger partial charge in [-0.1, -0.05) is 20.8 Å². The first-order valence-electron chi connectivity index (χ1n) is 9.24. The Hall–Kier alpha value is -1.85. The molecule has 4 rings (SSSR count). The first kappa shape index (κ1) is 18.5. The summed E-state index contributed by atoms with van der Waals surface area (Å²) in [7, 11) is 1.98. The topological polar surface area (TPSA) is 49.2 Å². The van der Waals surface area contributed by atoms with E-state index in [4.69, 9.17) is 11.6 Å². The van der Waals surface area contributed by atoms with Crippen LogP contribution in [0.1, 0.15) is 37.6 Å². The van der Waals surface area contributed by atoms with Crippen molar-refractivity contribution in [2.24, 2.45) is 11.3 Å². The van der Waals surface area contributed by atoms with Crippen molar-refractivity contribution < 1.29 is 5.11 Å².